The van der Waals surface area contributed by atoms with Crippen LogP contribution in [0.15, 0.2) is 83.8 Å². The zero-order valence-electron chi connectivity index (χ0n) is 23.5. The summed E-state index contributed by atoms with van der Waals surface area (Å²) in [7, 11) is 0. The van der Waals surface area contributed by atoms with Gasteiger partial charge in [0.25, 0.3) is 0 Å². The van der Waals surface area contributed by atoms with Gasteiger partial charge in [0.1, 0.15) is 0 Å². The molecule has 6 rings (SSSR count). The van der Waals surface area contributed by atoms with Crippen LogP contribution in [0.4, 0.5) is 35.2 Å². The Hall–Kier alpha value is -4.64. The van der Waals surface area contributed by atoms with Crippen molar-refractivity contribution in [2.24, 2.45) is 5.73 Å². The summed E-state index contributed by atoms with van der Waals surface area (Å²) in [4.78, 5) is 26.7. The van der Waals surface area contributed by atoms with Gasteiger partial charge in [-0.2, -0.15) is 13.2 Å². The van der Waals surface area contributed by atoms with Crippen LogP contribution in [-0.4, -0.2) is 41.7 Å². The molecule has 4 heterocycles. The van der Waals surface area contributed by atoms with Crippen LogP contribution in [0, 0.1) is 0 Å². The minimum Gasteiger partial charge on any atom is -0.444 e. The highest BCUT2D eigenvalue weighted by molar-refractivity contribution is 6.05. The van der Waals surface area contributed by atoms with Crippen molar-refractivity contribution < 1.29 is 22.4 Å². The van der Waals surface area contributed by atoms with Crippen molar-refractivity contribution in [2.75, 3.05) is 34.8 Å². The Morgan fingerprint density at radius 2 is 2.05 bits per heavy atom. The molecule has 2 atom stereocenters. The average Bonchev–Trinajstić information content (AvgIpc) is 3.55. The summed E-state index contributed by atoms with van der Waals surface area (Å²) >= 11 is 0. The third kappa shape index (κ3) is 5.85. The number of carbonyl (C=O) groups excluding carboxylic acids is 1. The number of fused-ring (bicyclic) bond motifs is 4. The van der Waals surface area contributed by atoms with E-state index in [9.17, 15) is 18.0 Å². The predicted molar refractivity (Wildman–Crippen MR) is 160 cm³/mol. The number of anilines is 3. The van der Waals surface area contributed by atoms with Gasteiger partial charge in [-0.25, -0.2) is 14.8 Å². The van der Waals surface area contributed by atoms with Gasteiger partial charge in [0.2, 0.25) is 0 Å². The molecule has 1 fully saturated rings. The number of carbonyl (C=O) groups is 1. The Morgan fingerprint density at radius 1 is 1.19 bits per heavy atom. The fourth-order valence-corrected chi connectivity index (χ4v) is 5.76. The molecule has 222 valence electrons. The molecular formula is C32H31F3N6O2. The summed E-state index contributed by atoms with van der Waals surface area (Å²) < 4.78 is 45.9. The maximum Gasteiger partial charge on any atom is 0.416 e. The van der Waals surface area contributed by atoms with E-state index in [1.165, 1.54) is 12.5 Å². The van der Waals surface area contributed by atoms with Crippen LogP contribution >= 0.6 is 0 Å². The molecular weight excluding hydrogens is 557 g/mol. The standard InChI is InChI=1S/C32H31F3N6O2/c1-20(5-3-11-36)22-13-23(29-17-37-19-43-29)16-25(15-22)38-31(42)41-26-8-4-12-40(18-26)28-10-9-27(39-30(28)41)21-6-2-7-24(14-21)32(33,34)35/h2-3,5-7,9-10,13-17,19-20,26H,4,8,11-12,18,36H2,1H3,(H,38,42)/b5-3+/t20?,26-/m0/s1. The number of nitrogens with two attached hydrogens (primary N) is 1. The number of rotatable bonds is 6. The minimum absolute atomic E-state index is 0.0152. The van der Waals surface area contributed by atoms with Gasteiger partial charge < -0.3 is 20.4 Å². The fraction of sp³-hybridized carbons (Fsp3) is 0.281. The molecule has 2 aliphatic rings. The maximum atomic E-state index is 14.1. The highest BCUT2D eigenvalue weighted by Gasteiger charge is 2.38. The van der Waals surface area contributed by atoms with E-state index in [0.717, 1.165) is 48.3 Å². The molecule has 3 N–H and O–H groups in total. The van der Waals surface area contributed by atoms with Crippen LogP contribution < -0.4 is 20.9 Å². The number of halogens is 3. The number of allylic oxidation sites excluding steroid dienone is 1. The lowest BCUT2D eigenvalue weighted by Gasteiger charge is -2.46. The smallest absolute Gasteiger partial charge is 0.416 e. The van der Waals surface area contributed by atoms with E-state index in [-0.39, 0.29) is 18.0 Å². The van der Waals surface area contributed by atoms with Gasteiger partial charge in [-0.3, -0.25) is 4.90 Å². The van der Waals surface area contributed by atoms with Gasteiger partial charge in [-0.05, 0) is 66.8 Å². The lowest BCUT2D eigenvalue weighted by Crippen LogP contribution is -2.56. The Balaban J connectivity index is 1.37. The van der Waals surface area contributed by atoms with E-state index in [0.29, 0.717) is 41.6 Å². The predicted octanol–water partition coefficient (Wildman–Crippen LogP) is 7.06. The number of hydrogen-bond donors (Lipinski definition) is 2. The number of aromatic nitrogens is 2. The molecule has 0 saturated carbocycles. The van der Waals surface area contributed by atoms with Crippen LogP contribution in [-0.2, 0) is 6.18 Å². The van der Waals surface area contributed by atoms with E-state index in [4.69, 9.17) is 15.1 Å². The summed E-state index contributed by atoms with van der Waals surface area (Å²) in [6, 6.07) is 13.8. The average molecular weight is 589 g/mol. The van der Waals surface area contributed by atoms with Crippen molar-refractivity contribution in [1.29, 1.82) is 0 Å². The topological polar surface area (TPSA) is 101 Å². The number of urea groups is 1. The summed E-state index contributed by atoms with van der Waals surface area (Å²) in [5.41, 5.74) is 8.64. The van der Waals surface area contributed by atoms with Gasteiger partial charge >= 0.3 is 12.2 Å². The Bertz CT molecular complexity index is 1650. The zero-order valence-corrected chi connectivity index (χ0v) is 23.5. The normalized spacial score (nSPS) is 17.2. The lowest BCUT2D eigenvalue weighted by molar-refractivity contribution is -0.137. The monoisotopic (exact) mass is 588 g/mol. The highest BCUT2D eigenvalue weighted by atomic mass is 19.4. The number of nitrogens with zero attached hydrogens (tertiary/aromatic N) is 4. The van der Waals surface area contributed by atoms with Gasteiger partial charge in [-0.15, -0.1) is 0 Å². The molecule has 2 amide bonds. The van der Waals surface area contributed by atoms with Crippen molar-refractivity contribution in [3.05, 3.63) is 90.5 Å². The molecule has 4 aromatic rings. The van der Waals surface area contributed by atoms with Crippen molar-refractivity contribution in [2.45, 2.75) is 37.9 Å². The molecule has 0 radical (unpaired) electrons. The number of pyridine rings is 1. The summed E-state index contributed by atoms with van der Waals surface area (Å²) in [6.07, 6.45) is 4.06. The molecule has 1 saturated heterocycles. The van der Waals surface area contributed by atoms with Crippen LogP contribution in [0.5, 0.6) is 0 Å². The van der Waals surface area contributed by atoms with Crippen molar-refractivity contribution >= 4 is 23.2 Å². The summed E-state index contributed by atoms with van der Waals surface area (Å²) in [5.74, 6) is 1.00. The molecule has 2 aromatic carbocycles. The molecule has 2 aliphatic heterocycles. The van der Waals surface area contributed by atoms with Crippen LogP contribution in [0.3, 0.4) is 0 Å². The first-order chi connectivity index (χ1) is 20.7. The molecule has 0 spiro atoms. The first kappa shape index (κ1) is 28.5. The van der Waals surface area contributed by atoms with E-state index in [2.05, 4.69) is 15.2 Å². The summed E-state index contributed by atoms with van der Waals surface area (Å²) in [5, 5.41) is 3.07. The number of amides is 2. The van der Waals surface area contributed by atoms with E-state index in [1.54, 1.807) is 23.2 Å². The Kier molecular flexibility index (Phi) is 7.66. The van der Waals surface area contributed by atoms with Crippen LogP contribution in [0.1, 0.15) is 36.8 Å². The number of nitrogens with one attached hydrogen (secondary N) is 1. The van der Waals surface area contributed by atoms with E-state index < -0.39 is 11.7 Å². The van der Waals surface area contributed by atoms with Crippen molar-refractivity contribution in [1.82, 2.24) is 9.97 Å². The van der Waals surface area contributed by atoms with Crippen LogP contribution in [0.25, 0.3) is 22.6 Å². The molecule has 0 aliphatic carbocycles. The second-order valence-corrected chi connectivity index (χ2v) is 10.8. The van der Waals surface area contributed by atoms with Crippen molar-refractivity contribution in [3.63, 3.8) is 0 Å². The maximum absolute atomic E-state index is 14.1. The number of alkyl halides is 3. The third-order valence-electron chi connectivity index (χ3n) is 7.90. The largest absolute Gasteiger partial charge is 0.444 e. The zero-order chi connectivity index (χ0) is 30.1. The van der Waals surface area contributed by atoms with Gasteiger partial charge in [0.05, 0.1) is 29.2 Å². The minimum atomic E-state index is -4.48. The molecule has 2 bridgehead atoms. The quantitative estimate of drug-likeness (QED) is 0.234. The first-order valence-electron chi connectivity index (χ1n) is 14.2. The molecule has 8 nitrogen and oxygen atoms in total. The first-order valence-corrected chi connectivity index (χ1v) is 14.2. The SMILES string of the molecule is CC(/C=C/CN)c1cc(NC(=O)N2c3nc(-c4cccc(C(F)(F)F)c4)ccc3N3CCC[C@H]2C3)cc(-c2cnco2)c1. The molecule has 1 unspecified atom stereocenters. The summed E-state index contributed by atoms with van der Waals surface area (Å²) in [6.45, 7) is 3.92. The van der Waals surface area contributed by atoms with Gasteiger partial charge in [0.15, 0.2) is 18.0 Å². The second kappa shape index (κ2) is 11.6. The Morgan fingerprint density at radius 3 is 2.81 bits per heavy atom. The number of hydrogen-bond acceptors (Lipinski definition) is 6. The van der Waals surface area contributed by atoms with E-state index in [1.807, 2.05) is 43.3 Å². The molecule has 11 heteroatoms. The number of oxazole rings is 1. The molecule has 43 heavy (non-hydrogen) atoms. The van der Waals surface area contributed by atoms with Gasteiger partial charge in [-0.1, -0.05) is 31.2 Å². The molecule has 2 aromatic heterocycles. The van der Waals surface area contributed by atoms with Crippen molar-refractivity contribution in [3.8, 4) is 22.6 Å². The lowest BCUT2D eigenvalue weighted by atomic mass is 9.97. The fourth-order valence-electron chi connectivity index (χ4n) is 5.76. The second-order valence-electron chi connectivity index (χ2n) is 10.8. The Labute approximate surface area is 247 Å². The highest BCUT2D eigenvalue weighted by Crippen LogP contribution is 2.40. The van der Waals surface area contributed by atoms with Gasteiger partial charge in [0, 0.05) is 36.4 Å². The van der Waals surface area contributed by atoms with E-state index >= 15 is 0 Å². The third-order valence-corrected chi connectivity index (χ3v) is 7.90. The number of benzene rings is 2. The van der Waals surface area contributed by atoms with Crippen LogP contribution in [0.2, 0.25) is 0 Å². The number of piperidine rings is 1.